The summed E-state index contributed by atoms with van der Waals surface area (Å²) >= 11 is 1.62. The topological polar surface area (TPSA) is 90.9 Å². The summed E-state index contributed by atoms with van der Waals surface area (Å²) < 4.78 is 5.27. The van der Waals surface area contributed by atoms with Crippen LogP contribution in [0.2, 0.25) is 0 Å². The number of carbonyl (C=O) groups excluding carboxylic acids is 1. The van der Waals surface area contributed by atoms with Crippen LogP contribution >= 0.6 is 35.3 Å². The number of aliphatic imine (C=N–C) groups is 1. The standard InChI is InChI=1S/C22H34N6O2S.HI/c1-7-23-19(25-14-18-15-31-20(26-18)28(5)6)24-13-12-16-8-10-17(11-9-16)27-21(29)30-22(2,3)4;/h8-11,15H,7,12-14H2,1-6H3,(H,27,29)(H2,23,24,25);1H. The van der Waals surface area contributed by atoms with Crippen molar-refractivity contribution in [3.8, 4) is 0 Å². The molecule has 0 aliphatic rings. The Morgan fingerprint density at radius 2 is 1.88 bits per heavy atom. The predicted molar refractivity (Wildman–Crippen MR) is 145 cm³/mol. The molecule has 32 heavy (non-hydrogen) atoms. The van der Waals surface area contributed by atoms with Gasteiger partial charge < -0.3 is 20.3 Å². The fourth-order valence-corrected chi connectivity index (χ4v) is 3.33. The van der Waals surface area contributed by atoms with Crippen molar-refractivity contribution in [1.82, 2.24) is 15.6 Å². The summed E-state index contributed by atoms with van der Waals surface area (Å²) in [5.41, 5.74) is 2.31. The van der Waals surface area contributed by atoms with Gasteiger partial charge in [-0.15, -0.1) is 35.3 Å². The molecule has 0 unspecified atom stereocenters. The number of hydrogen-bond acceptors (Lipinski definition) is 6. The van der Waals surface area contributed by atoms with Gasteiger partial charge in [-0.1, -0.05) is 12.1 Å². The maximum Gasteiger partial charge on any atom is 0.412 e. The molecule has 0 saturated carbocycles. The van der Waals surface area contributed by atoms with E-state index in [1.807, 2.05) is 76.3 Å². The first-order valence-electron chi connectivity index (χ1n) is 10.4. The van der Waals surface area contributed by atoms with E-state index in [4.69, 9.17) is 4.74 Å². The van der Waals surface area contributed by atoms with Crippen LogP contribution in [-0.2, 0) is 17.7 Å². The summed E-state index contributed by atoms with van der Waals surface area (Å²) in [6, 6.07) is 7.75. The molecule has 0 aliphatic heterocycles. The summed E-state index contributed by atoms with van der Waals surface area (Å²) in [7, 11) is 3.97. The number of nitrogens with one attached hydrogen (secondary N) is 3. The van der Waals surface area contributed by atoms with Gasteiger partial charge in [0.05, 0.1) is 12.2 Å². The predicted octanol–water partition coefficient (Wildman–Crippen LogP) is 4.47. The Hall–Kier alpha value is -2.08. The second-order valence-corrected chi connectivity index (χ2v) is 9.05. The Kier molecular flexibility index (Phi) is 11.8. The number of hydrogen-bond donors (Lipinski definition) is 3. The lowest BCUT2D eigenvalue weighted by atomic mass is 10.1. The average molecular weight is 575 g/mol. The van der Waals surface area contributed by atoms with Crippen LogP contribution in [-0.4, -0.2) is 49.8 Å². The lowest BCUT2D eigenvalue weighted by molar-refractivity contribution is 0.0636. The van der Waals surface area contributed by atoms with Crippen molar-refractivity contribution in [3.63, 3.8) is 0 Å². The molecule has 0 saturated heterocycles. The summed E-state index contributed by atoms with van der Waals surface area (Å²) in [6.45, 7) is 9.62. The molecule has 1 aromatic heterocycles. The van der Waals surface area contributed by atoms with Crippen molar-refractivity contribution in [2.45, 2.75) is 46.3 Å². The molecule has 0 atom stereocenters. The van der Waals surface area contributed by atoms with E-state index in [1.54, 1.807) is 11.3 Å². The van der Waals surface area contributed by atoms with Crippen LogP contribution in [0.4, 0.5) is 15.6 Å². The van der Waals surface area contributed by atoms with Crippen molar-refractivity contribution in [2.75, 3.05) is 37.4 Å². The Labute approximate surface area is 212 Å². The van der Waals surface area contributed by atoms with E-state index in [9.17, 15) is 4.79 Å². The van der Waals surface area contributed by atoms with Gasteiger partial charge in [-0.05, 0) is 51.8 Å². The van der Waals surface area contributed by atoms with Crippen molar-refractivity contribution in [1.29, 1.82) is 0 Å². The second-order valence-electron chi connectivity index (χ2n) is 8.21. The molecular formula is C22H35IN6O2S. The zero-order valence-corrected chi connectivity index (χ0v) is 22.8. The van der Waals surface area contributed by atoms with Crippen LogP contribution in [0.15, 0.2) is 34.6 Å². The van der Waals surface area contributed by atoms with Gasteiger partial charge in [-0.3, -0.25) is 5.32 Å². The van der Waals surface area contributed by atoms with Crippen molar-refractivity contribution >= 4 is 58.2 Å². The molecule has 0 bridgehead atoms. The number of benzene rings is 1. The molecule has 2 aromatic rings. The van der Waals surface area contributed by atoms with Crippen LogP contribution in [0.3, 0.4) is 0 Å². The maximum absolute atomic E-state index is 11.9. The van der Waals surface area contributed by atoms with Crippen molar-refractivity contribution in [2.24, 2.45) is 4.99 Å². The molecule has 3 N–H and O–H groups in total. The summed E-state index contributed by atoms with van der Waals surface area (Å²) in [5, 5.41) is 12.4. The quantitative estimate of drug-likeness (QED) is 0.245. The molecule has 178 valence electrons. The molecule has 2 rings (SSSR count). The zero-order chi connectivity index (χ0) is 22.9. The Balaban J connectivity index is 0.00000512. The number of nitrogens with zero attached hydrogens (tertiary/aromatic N) is 3. The largest absolute Gasteiger partial charge is 0.444 e. The number of thiazole rings is 1. The van der Waals surface area contributed by atoms with Gasteiger partial charge in [0.25, 0.3) is 0 Å². The van der Waals surface area contributed by atoms with E-state index in [2.05, 4.69) is 25.9 Å². The minimum Gasteiger partial charge on any atom is -0.444 e. The number of rotatable bonds is 8. The van der Waals surface area contributed by atoms with Crippen molar-refractivity contribution < 1.29 is 9.53 Å². The van der Waals surface area contributed by atoms with Gasteiger partial charge in [0.1, 0.15) is 5.60 Å². The molecule has 10 heteroatoms. The smallest absolute Gasteiger partial charge is 0.412 e. The Morgan fingerprint density at radius 3 is 2.44 bits per heavy atom. The molecule has 0 radical (unpaired) electrons. The molecule has 1 amide bonds. The highest BCUT2D eigenvalue weighted by Crippen LogP contribution is 2.18. The highest BCUT2D eigenvalue weighted by atomic mass is 127. The van der Waals surface area contributed by atoms with Gasteiger partial charge in [-0.25, -0.2) is 14.8 Å². The van der Waals surface area contributed by atoms with Crippen LogP contribution in [0.1, 0.15) is 39.0 Å². The second kappa shape index (κ2) is 13.5. The van der Waals surface area contributed by atoms with Crippen LogP contribution in [0.5, 0.6) is 0 Å². The van der Waals surface area contributed by atoms with E-state index in [1.165, 1.54) is 0 Å². The Bertz CT molecular complexity index is 862. The first-order chi connectivity index (χ1) is 14.7. The third kappa shape index (κ3) is 10.5. The molecule has 0 spiro atoms. The molecule has 0 aliphatic carbocycles. The fraction of sp³-hybridized carbons (Fsp3) is 0.500. The summed E-state index contributed by atoms with van der Waals surface area (Å²) in [6.07, 6.45) is 0.379. The zero-order valence-electron chi connectivity index (χ0n) is 19.7. The minimum absolute atomic E-state index is 0. The Morgan fingerprint density at radius 1 is 1.19 bits per heavy atom. The number of anilines is 2. The van der Waals surface area contributed by atoms with Gasteiger partial charge in [0, 0.05) is 38.3 Å². The van der Waals surface area contributed by atoms with Gasteiger partial charge in [-0.2, -0.15) is 0 Å². The van der Waals surface area contributed by atoms with Gasteiger partial charge in [0.2, 0.25) is 0 Å². The van der Waals surface area contributed by atoms with Crippen molar-refractivity contribution in [3.05, 3.63) is 40.9 Å². The minimum atomic E-state index is -0.518. The van der Waals surface area contributed by atoms with Crippen LogP contribution in [0, 0.1) is 0 Å². The lowest BCUT2D eigenvalue weighted by Gasteiger charge is -2.19. The normalized spacial score (nSPS) is 11.4. The van der Waals surface area contributed by atoms with Crippen LogP contribution < -0.4 is 20.9 Å². The first kappa shape index (κ1) is 28.0. The van der Waals surface area contributed by atoms with Crippen LogP contribution in [0.25, 0.3) is 0 Å². The number of aromatic nitrogens is 1. The average Bonchev–Trinajstić information content (AvgIpc) is 3.15. The lowest BCUT2D eigenvalue weighted by Crippen LogP contribution is -2.38. The highest BCUT2D eigenvalue weighted by molar-refractivity contribution is 14.0. The fourth-order valence-electron chi connectivity index (χ4n) is 2.58. The SMILES string of the molecule is CCNC(=NCc1csc(N(C)C)n1)NCCc1ccc(NC(=O)OC(C)(C)C)cc1.I. The summed E-state index contributed by atoms with van der Waals surface area (Å²) in [5.74, 6) is 0.769. The summed E-state index contributed by atoms with van der Waals surface area (Å²) in [4.78, 5) is 23.0. The monoisotopic (exact) mass is 574 g/mol. The van der Waals surface area contributed by atoms with E-state index in [0.717, 1.165) is 41.9 Å². The molecule has 1 heterocycles. The molecule has 1 aromatic carbocycles. The van der Waals surface area contributed by atoms with E-state index >= 15 is 0 Å². The molecule has 0 fully saturated rings. The number of amides is 1. The molecule has 8 nitrogen and oxygen atoms in total. The third-order valence-corrected chi connectivity index (χ3v) is 5.03. The van der Waals surface area contributed by atoms with Gasteiger partial charge >= 0.3 is 6.09 Å². The molecular weight excluding hydrogens is 539 g/mol. The van der Waals surface area contributed by atoms with Gasteiger partial charge in [0.15, 0.2) is 11.1 Å². The highest BCUT2D eigenvalue weighted by Gasteiger charge is 2.16. The third-order valence-electron chi connectivity index (χ3n) is 3.97. The van der Waals surface area contributed by atoms with E-state index in [0.29, 0.717) is 12.2 Å². The first-order valence-corrected chi connectivity index (χ1v) is 11.3. The number of guanidine groups is 1. The maximum atomic E-state index is 11.9. The van der Waals surface area contributed by atoms with E-state index < -0.39 is 11.7 Å². The van der Waals surface area contributed by atoms with E-state index in [-0.39, 0.29) is 24.0 Å². The number of ether oxygens (including phenoxy) is 1. The number of halogens is 1. The number of carbonyl (C=O) groups is 1.